The fraction of sp³-hybridized carbons (Fsp3) is 0.250. The maximum Gasteiger partial charge on any atom is 0.229 e. The van der Waals surface area contributed by atoms with Crippen LogP contribution in [0.3, 0.4) is 0 Å². The molecule has 0 saturated heterocycles. The lowest BCUT2D eigenvalue weighted by atomic mass is 10.1. The maximum atomic E-state index is 5.58. The van der Waals surface area contributed by atoms with E-state index in [9.17, 15) is 0 Å². The number of aromatic nitrogens is 6. The third-order valence-corrected chi connectivity index (χ3v) is 5.52. The van der Waals surface area contributed by atoms with Crippen LogP contribution in [0, 0.1) is 20.8 Å². The molecular weight excluding hydrogens is 372 g/mol. The largest absolute Gasteiger partial charge is 0.424 e. The molecule has 0 fully saturated rings. The summed E-state index contributed by atoms with van der Waals surface area (Å²) in [5, 5.41) is 17.7. The van der Waals surface area contributed by atoms with Crippen molar-refractivity contribution in [3.63, 3.8) is 0 Å². The predicted molar refractivity (Wildman–Crippen MR) is 107 cm³/mol. The molecule has 0 spiro atoms. The van der Waals surface area contributed by atoms with Crippen molar-refractivity contribution in [2.75, 3.05) is 0 Å². The van der Waals surface area contributed by atoms with Gasteiger partial charge < -0.3 is 4.42 Å². The van der Waals surface area contributed by atoms with Crippen molar-refractivity contribution in [1.82, 2.24) is 29.9 Å². The van der Waals surface area contributed by atoms with E-state index in [1.165, 1.54) is 22.9 Å². The molecule has 0 saturated carbocycles. The van der Waals surface area contributed by atoms with E-state index >= 15 is 0 Å². The molecule has 28 heavy (non-hydrogen) atoms. The van der Waals surface area contributed by atoms with Crippen LogP contribution in [0.2, 0.25) is 0 Å². The van der Waals surface area contributed by atoms with E-state index in [0.717, 1.165) is 22.2 Å². The Morgan fingerprint density at radius 3 is 2.39 bits per heavy atom. The van der Waals surface area contributed by atoms with Gasteiger partial charge in [0.2, 0.25) is 11.8 Å². The van der Waals surface area contributed by atoms with Gasteiger partial charge in [0.25, 0.3) is 0 Å². The van der Waals surface area contributed by atoms with Gasteiger partial charge in [0.05, 0.1) is 10.9 Å². The Labute approximate surface area is 167 Å². The molecule has 0 radical (unpaired) electrons. The van der Waals surface area contributed by atoms with Crippen LogP contribution in [-0.4, -0.2) is 29.9 Å². The van der Waals surface area contributed by atoms with Crippen LogP contribution in [-0.2, 0) is 0 Å². The highest BCUT2D eigenvalue weighted by molar-refractivity contribution is 7.99. The van der Waals surface area contributed by atoms with Crippen LogP contribution in [0.4, 0.5) is 0 Å². The van der Waals surface area contributed by atoms with Crippen molar-refractivity contribution in [1.29, 1.82) is 0 Å². The van der Waals surface area contributed by atoms with Crippen molar-refractivity contribution < 1.29 is 4.42 Å². The maximum absolute atomic E-state index is 5.58. The average molecular weight is 392 g/mol. The second-order valence-corrected chi connectivity index (χ2v) is 7.87. The van der Waals surface area contributed by atoms with Crippen molar-refractivity contribution in [2.45, 2.75) is 38.1 Å². The summed E-state index contributed by atoms with van der Waals surface area (Å²) < 4.78 is 7.64. The minimum Gasteiger partial charge on any atom is -0.424 e. The van der Waals surface area contributed by atoms with Gasteiger partial charge in [-0.15, -0.1) is 20.4 Å². The quantitative estimate of drug-likeness (QED) is 0.463. The van der Waals surface area contributed by atoms with E-state index < -0.39 is 0 Å². The lowest BCUT2D eigenvalue weighted by Crippen LogP contribution is -2.02. The molecule has 7 nitrogen and oxygen atoms in total. The predicted octanol–water partition coefficient (Wildman–Crippen LogP) is 4.49. The van der Waals surface area contributed by atoms with E-state index in [1.807, 2.05) is 19.1 Å². The zero-order valence-corrected chi connectivity index (χ0v) is 16.9. The van der Waals surface area contributed by atoms with Crippen LogP contribution >= 0.6 is 11.8 Å². The first kappa shape index (κ1) is 18.4. The van der Waals surface area contributed by atoms with Crippen molar-refractivity contribution in [2.24, 2.45) is 0 Å². The summed E-state index contributed by atoms with van der Waals surface area (Å²) in [4.78, 5) is 4.11. The van der Waals surface area contributed by atoms with Gasteiger partial charge in [0, 0.05) is 24.9 Å². The zero-order chi connectivity index (χ0) is 19.7. The molecule has 0 bridgehead atoms. The number of nitrogens with zero attached hydrogens (tertiary/aromatic N) is 6. The molecule has 8 heteroatoms. The van der Waals surface area contributed by atoms with E-state index in [-0.39, 0.29) is 5.25 Å². The average Bonchev–Trinajstić information content (AvgIpc) is 3.31. The molecule has 142 valence electrons. The standard InChI is InChI=1S/C20H20N6OS/c1-12-5-6-17(11-13(12)2)26-18(16-7-9-21-10-8-16)23-25-20(26)28-14(3)19-24-22-15(4)27-19/h5-11,14H,1-4H3. The SMILES string of the molecule is Cc1nnc(C(C)Sc2nnc(-c3ccncc3)n2-c2ccc(C)c(C)c2)o1. The monoisotopic (exact) mass is 392 g/mol. The van der Waals surface area contributed by atoms with Gasteiger partial charge in [0.15, 0.2) is 11.0 Å². The molecule has 0 N–H and O–H groups in total. The third kappa shape index (κ3) is 3.55. The van der Waals surface area contributed by atoms with Crippen LogP contribution in [0.25, 0.3) is 17.1 Å². The molecule has 1 aromatic carbocycles. The minimum atomic E-state index is -0.0546. The van der Waals surface area contributed by atoms with Crippen molar-refractivity contribution in [3.05, 3.63) is 65.6 Å². The molecular formula is C20H20N6OS. The van der Waals surface area contributed by atoms with Gasteiger partial charge in [0.1, 0.15) is 0 Å². The third-order valence-electron chi connectivity index (χ3n) is 4.49. The van der Waals surface area contributed by atoms with Gasteiger partial charge >= 0.3 is 0 Å². The van der Waals surface area contributed by atoms with Crippen LogP contribution in [0.1, 0.15) is 35.1 Å². The number of benzene rings is 1. The van der Waals surface area contributed by atoms with E-state index in [1.54, 1.807) is 19.3 Å². The van der Waals surface area contributed by atoms with Gasteiger partial charge in [-0.05, 0) is 56.2 Å². The molecule has 0 aliphatic rings. The fourth-order valence-electron chi connectivity index (χ4n) is 2.82. The first-order chi connectivity index (χ1) is 13.5. The second-order valence-electron chi connectivity index (χ2n) is 6.57. The number of pyridine rings is 1. The number of aryl methyl sites for hydroxylation is 3. The summed E-state index contributed by atoms with van der Waals surface area (Å²) >= 11 is 1.53. The summed E-state index contributed by atoms with van der Waals surface area (Å²) in [5.41, 5.74) is 4.42. The second kappa shape index (κ2) is 7.55. The number of rotatable bonds is 5. The molecule has 4 aromatic rings. The first-order valence-electron chi connectivity index (χ1n) is 8.93. The van der Waals surface area contributed by atoms with Gasteiger partial charge in [-0.3, -0.25) is 9.55 Å². The Balaban J connectivity index is 1.80. The number of thioether (sulfide) groups is 1. The van der Waals surface area contributed by atoms with Gasteiger partial charge in [-0.25, -0.2) is 0 Å². The topological polar surface area (TPSA) is 82.5 Å². The highest BCUT2D eigenvalue weighted by atomic mass is 32.2. The highest BCUT2D eigenvalue weighted by Gasteiger charge is 2.22. The molecule has 3 heterocycles. The summed E-state index contributed by atoms with van der Waals surface area (Å²) in [6.07, 6.45) is 3.51. The molecule has 3 aromatic heterocycles. The Morgan fingerprint density at radius 2 is 1.71 bits per heavy atom. The molecule has 0 amide bonds. The number of hydrogen-bond donors (Lipinski definition) is 0. The first-order valence-corrected chi connectivity index (χ1v) is 9.81. The lowest BCUT2D eigenvalue weighted by Gasteiger charge is -2.13. The number of hydrogen-bond acceptors (Lipinski definition) is 7. The van der Waals surface area contributed by atoms with Crippen LogP contribution < -0.4 is 0 Å². The highest BCUT2D eigenvalue weighted by Crippen LogP contribution is 2.36. The van der Waals surface area contributed by atoms with E-state index in [0.29, 0.717) is 11.8 Å². The van der Waals surface area contributed by atoms with Crippen LogP contribution in [0.15, 0.2) is 52.3 Å². The smallest absolute Gasteiger partial charge is 0.229 e. The molecule has 0 aliphatic heterocycles. The van der Waals surface area contributed by atoms with Crippen LogP contribution in [0.5, 0.6) is 0 Å². The van der Waals surface area contributed by atoms with Gasteiger partial charge in [-0.2, -0.15) is 0 Å². The summed E-state index contributed by atoms with van der Waals surface area (Å²) in [6.45, 7) is 8.01. The Hall–Kier alpha value is -3.00. The normalized spacial score (nSPS) is 12.3. The lowest BCUT2D eigenvalue weighted by molar-refractivity contribution is 0.470. The molecule has 0 aliphatic carbocycles. The summed E-state index contributed by atoms with van der Waals surface area (Å²) in [6, 6.07) is 10.2. The zero-order valence-electron chi connectivity index (χ0n) is 16.1. The Bertz CT molecular complexity index is 1110. The molecule has 1 unspecified atom stereocenters. The Morgan fingerprint density at radius 1 is 0.929 bits per heavy atom. The summed E-state index contributed by atoms with van der Waals surface area (Å²) in [7, 11) is 0. The summed E-state index contributed by atoms with van der Waals surface area (Å²) in [5.74, 6) is 1.89. The van der Waals surface area contributed by atoms with E-state index in [2.05, 4.69) is 62.0 Å². The van der Waals surface area contributed by atoms with Crippen molar-refractivity contribution >= 4 is 11.8 Å². The van der Waals surface area contributed by atoms with Crippen molar-refractivity contribution in [3.8, 4) is 17.1 Å². The molecule has 1 atom stereocenters. The minimum absolute atomic E-state index is 0.0546. The fourth-order valence-corrected chi connectivity index (χ4v) is 3.71. The van der Waals surface area contributed by atoms with Gasteiger partial charge in [-0.1, -0.05) is 17.8 Å². The molecule has 4 rings (SSSR count). The van der Waals surface area contributed by atoms with E-state index in [4.69, 9.17) is 4.42 Å². The Kier molecular flexibility index (Phi) is 4.95.